The van der Waals surface area contributed by atoms with Crippen molar-refractivity contribution in [2.45, 2.75) is 24.9 Å². The topological polar surface area (TPSA) is 54.4 Å². The van der Waals surface area contributed by atoms with Crippen molar-refractivity contribution < 1.29 is 19.3 Å². The number of ether oxygens (including phenoxy) is 3. The smallest absolute Gasteiger partial charge is 0.119 e. The van der Waals surface area contributed by atoms with Crippen LogP contribution in [0.2, 0.25) is 0 Å². The lowest BCUT2D eigenvalue weighted by atomic mass is 9.84. The molecule has 2 atom stereocenters. The van der Waals surface area contributed by atoms with E-state index < -0.39 is 0 Å². The van der Waals surface area contributed by atoms with Crippen LogP contribution in [0.1, 0.15) is 29.0 Å². The zero-order valence-electron chi connectivity index (χ0n) is 18.6. The molecule has 168 valence electrons. The van der Waals surface area contributed by atoms with Gasteiger partial charge in [0.15, 0.2) is 0 Å². The molecule has 0 aromatic heterocycles. The van der Waals surface area contributed by atoms with Crippen molar-refractivity contribution in [3.63, 3.8) is 0 Å². The van der Waals surface area contributed by atoms with Gasteiger partial charge in [-0.15, -0.1) is 0 Å². The van der Waals surface area contributed by atoms with Gasteiger partial charge in [-0.05, 0) is 54.4 Å². The first-order valence-corrected chi connectivity index (χ1v) is 11.2. The lowest BCUT2D eigenvalue weighted by molar-refractivity contribution is -0.0287. The summed E-state index contributed by atoms with van der Waals surface area (Å²) in [6, 6.07) is 15.1. The monoisotopic (exact) mass is 426 g/mol. The third-order valence-corrected chi connectivity index (χ3v) is 6.36. The Morgan fingerprint density at radius 1 is 1.13 bits per heavy atom. The summed E-state index contributed by atoms with van der Waals surface area (Å²) in [7, 11) is 3.87. The number of hydrogen-bond acceptors (Lipinski definition) is 6. The lowest BCUT2D eigenvalue weighted by Gasteiger charge is -2.34. The third kappa shape index (κ3) is 5.39. The van der Waals surface area contributed by atoms with Crippen molar-refractivity contribution in [2.75, 3.05) is 60.2 Å². The molecule has 0 aliphatic carbocycles. The number of nitrogens with zero attached hydrogens (tertiary/aromatic N) is 2. The van der Waals surface area contributed by atoms with E-state index in [-0.39, 0.29) is 12.6 Å². The second-order valence-corrected chi connectivity index (χ2v) is 8.53. The van der Waals surface area contributed by atoms with Crippen LogP contribution in [0, 0.1) is 0 Å². The van der Waals surface area contributed by atoms with Crippen molar-refractivity contribution >= 4 is 0 Å². The van der Waals surface area contributed by atoms with Crippen molar-refractivity contribution in [1.29, 1.82) is 0 Å². The second-order valence-electron chi connectivity index (χ2n) is 8.53. The Morgan fingerprint density at radius 2 is 1.94 bits per heavy atom. The van der Waals surface area contributed by atoms with Gasteiger partial charge >= 0.3 is 0 Å². The summed E-state index contributed by atoms with van der Waals surface area (Å²) in [6.07, 6.45) is 0.933. The molecule has 1 saturated heterocycles. The first kappa shape index (κ1) is 22.1. The summed E-state index contributed by atoms with van der Waals surface area (Å²) in [4.78, 5) is 4.67. The minimum Gasteiger partial charge on any atom is -0.497 e. The highest BCUT2D eigenvalue weighted by Gasteiger charge is 2.25. The summed E-state index contributed by atoms with van der Waals surface area (Å²) in [5.74, 6) is 2.17. The predicted octanol–water partition coefficient (Wildman–Crippen LogP) is 2.73. The van der Waals surface area contributed by atoms with E-state index in [2.05, 4.69) is 47.2 Å². The van der Waals surface area contributed by atoms with Gasteiger partial charge in [0.25, 0.3) is 0 Å². The average molecular weight is 427 g/mol. The van der Waals surface area contributed by atoms with E-state index >= 15 is 0 Å². The van der Waals surface area contributed by atoms with Crippen LogP contribution in [0.4, 0.5) is 0 Å². The summed E-state index contributed by atoms with van der Waals surface area (Å²) in [5, 5.41) is 9.50. The summed E-state index contributed by atoms with van der Waals surface area (Å²) >= 11 is 0. The molecule has 0 bridgehead atoms. The number of morpholine rings is 1. The van der Waals surface area contributed by atoms with E-state index in [0.717, 1.165) is 50.7 Å². The Labute approximate surface area is 185 Å². The fourth-order valence-electron chi connectivity index (χ4n) is 4.64. The van der Waals surface area contributed by atoms with Crippen LogP contribution in [0.25, 0.3) is 0 Å². The van der Waals surface area contributed by atoms with E-state index in [9.17, 15) is 5.11 Å². The first-order valence-electron chi connectivity index (χ1n) is 11.2. The molecule has 4 rings (SSSR count). The summed E-state index contributed by atoms with van der Waals surface area (Å²) in [5.41, 5.74) is 4.03. The Balaban J connectivity index is 1.37. The molecule has 2 aliphatic heterocycles. The largest absolute Gasteiger partial charge is 0.497 e. The molecule has 2 aromatic rings. The quantitative estimate of drug-likeness (QED) is 0.655. The van der Waals surface area contributed by atoms with Crippen molar-refractivity contribution in [3.05, 3.63) is 59.2 Å². The standard InChI is InChI=1S/C25H34N2O4/c1-26-15-20-14-23(31-12-3-10-27-11-13-30-18-21(27)17-28)8-9-24(20)25(16-26)19-4-6-22(29-2)7-5-19/h4-9,14,21,25,28H,3,10-13,15-18H2,1-2H3/t21-,25?/m0/s1. The van der Waals surface area contributed by atoms with Crippen LogP contribution in [0.15, 0.2) is 42.5 Å². The highest BCUT2D eigenvalue weighted by Crippen LogP contribution is 2.35. The third-order valence-electron chi connectivity index (χ3n) is 6.36. The van der Waals surface area contributed by atoms with E-state index in [4.69, 9.17) is 14.2 Å². The van der Waals surface area contributed by atoms with Gasteiger partial charge in [-0.1, -0.05) is 18.2 Å². The van der Waals surface area contributed by atoms with Crippen molar-refractivity contribution in [2.24, 2.45) is 0 Å². The number of hydrogen-bond donors (Lipinski definition) is 1. The second kappa shape index (κ2) is 10.5. The number of aliphatic hydroxyl groups excluding tert-OH is 1. The maximum absolute atomic E-state index is 9.50. The van der Waals surface area contributed by atoms with Crippen LogP contribution in [-0.2, 0) is 11.3 Å². The van der Waals surface area contributed by atoms with E-state index in [1.807, 2.05) is 12.1 Å². The molecule has 0 spiro atoms. The molecule has 0 radical (unpaired) electrons. The molecular formula is C25H34N2O4. The zero-order chi connectivity index (χ0) is 21.6. The number of rotatable bonds is 8. The van der Waals surface area contributed by atoms with E-state index in [1.165, 1.54) is 16.7 Å². The normalized spacial score (nSPS) is 22.2. The highest BCUT2D eigenvalue weighted by atomic mass is 16.5. The Bertz CT molecular complexity index is 842. The van der Waals surface area contributed by atoms with Gasteiger partial charge in [0.2, 0.25) is 0 Å². The van der Waals surface area contributed by atoms with Gasteiger partial charge in [-0.2, -0.15) is 0 Å². The maximum atomic E-state index is 9.50. The number of methoxy groups -OCH3 is 1. The van der Waals surface area contributed by atoms with Crippen LogP contribution in [-0.4, -0.2) is 81.2 Å². The van der Waals surface area contributed by atoms with Gasteiger partial charge in [-0.25, -0.2) is 0 Å². The number of likely N-dealkylation sites (N-methyl/N-ethyl adjacent to an activating group) is 1. The molecule has 6 heteroatoms. The van der Waals surface area contributed by atoms with Crippen LogP contribution >= 0.6 is 0 Å². The fraction of sp³-hybridized carbons (Fsp3) is 0.520. The Morgan fingerprint density at radius 3 is 2.71 bits per heavy atom. The molecule has 31 heavy (non-hydrogen) atoms. The average Bonchev–Trinajstić information content (AvgIpc) is 2.81. The number of aliphatic hydroxyl groups is 1. The molecule has 2 aliphatic rings. The van der Waals surface area contributed by atoms with Crippen molar-refractivity contribution in [1.82, 2.24) is 9.80 Å². The molecular weight excluding hydrogens is 392 g/mol. The fourth-order valence-corrected chi connectivity index (χ4v) is 4.64. The van der Waals surface area contributed by atoms with Gasteiger partial charge in [0.05, 0.1) is 39.6 Å². The minimum atomic E-state index is 0.114. The van der Waals surface area contributed by atoms with Gasteiger partial charge in [0.1, 0.15) is 11.5 Å². The molecule has 1 unspecified atom stereocenters. The van der Waals surface area contributed by atoms with Crippen LogP contribution in [0.5, 0.6) is 11.5 Å². The van der Waals surface area contributed by atoms with Crippen LogP contribution in [0.3, 0.4) is 0 Å². The summed E-state index contributed by atoms with van der Waals surface area (Å²) < 4.78 is 16.8. The maximum Gasteiger partial charge on any atom is 0.119 e. The zero-order valence-corrected chi connectivity index (χ0v) is 18.6. The molecule has 0 amide bonds. The van der Waals surface area contributed by atoms with Crippen molar-refractivity contribution in [3.8, 4) is 11.5 Å². The lowest BCUT2D eigenvalue weighted by Crippen LogP contribution is -2.47. The predicted molar refractivity (Wildman–Crippen MR) is 121 cm³/mol. The molecule has 1 N–H and O–H groups in total. The first-order chi connectivity index (χ1) is 15.2. The highest BCUT2D eigenvalue weighted by molar-refractivity contribution is 5.45. The van der Waals surface area contributed by atoms with E-state index in [0.29, 0.717) is 19.1 Å². The van der Waals surface area contributed by atoms with Gasteiger partial charge in [0, 0.05) is 32.1 Å². The number of benzene rings is 2. The molecule has 0 saturated carbocycles. The number of fused-ring (bicyclic) bond motifs is 1. The molecule has 2 heterocycles. The SMILES string of the molecule is COc1ccc(C2CN(C)Cc3cc(OCCCN4CCOC[C@@H]4CO)ccc32)cc1. The van der Waals surface area contributed by atoms with Gasteiger partial charge in [-0.3, -0.25) is 4.90 Å². The summed E-state index contributed by atoms with van der Waals surface area (Å²) in [6.45, 7) is 5.91. The van der Waals surface area contributed by atoms with E-state index in [1.54, 1.807) is 7.11 Å². The van der Waals surface area contributed by atoms with Gasteiger partial charge < -0.3 is 24.2 Å². The Hall–Kier alpha value is -2.12. The molecule has 2 aromatic carbocycles. The van der Waals surface area contributed by atoms with Crippen LogP contribution < -0.4 is 9.47 Å². The Kier molecular flexibility index (Phi) is 7.45. The molecule has 1 fully saturated rings. The molecule has 6 nitrogen and oxygen atoms in total. The minimum absolute atomic E-state index is 0.114.